The summed E-state index contributed by atoms with van der Waals surface area (Å²) in [6.07, 6.45) is 19.5. The van der Waals surface area contributed by atoms with Gasteiger partial charge < -0.3 is 0 Å². The van der Waals surface area contributed by atoms with E-state index in [9.17, 15) is 0 Å². The summed E-state index contributed by atoms with van der Waals surface area (Å²) in [5.41, 5.74) is 6.79. The molecule has 0 aromatic carbocycles. The van der Waals surface area contributed by atoms with E-state index in [2.05, 4.69) is 91.5 Å². The van der Waals surface area contributed by atoms with E-state index in [-0.39, 0.29) is 0 Å². The molecule has 0 radical (unpaired) electrons. The molecule has 0 fully saturated rings. The number of rotatable bonds is 8. The topological polar surface area (TPSA) is 38.7 Å². The van der Waals surface area contributed by atoms with Crippen LogP contribution in [0.4, 0.5) is 0 Å². The van der Waals surface area contributed by atoms with Crippen molar-refractivity contribution in [3.05, 3.63) is 83.7 Å². The highest BCUT2D eigenvalue weighted by Gasteiger charge is 2.09. The molecule has 0 aliphatic heterocycles. The molecule has 3 aromatic heterocycles. The zero-order chi connectivity index (χ0) is 21.2. The van der Waals surface area contributed by atoms with Crippen LogP contribution in [-0.4, -0.2) is 15.0 Å². The summed E-state index contributed by atoms with van der Waals surface area (Å²) in [6, 6.07) is 12.4. The first kappa shape index (κ1) is 21.4. The Morgan fingerprint density at radius 1 is 0.567 bits per heavy atom. The minimum absolute atomic E-state index is 0.853. The van der Waals surface area contributed by atoms with Gasteiger partial charge in [0.2, 0.25) is 0 Å². The van der Waals surface area contributed by atoms with Crippen molar-refractivity contribution >= 4 is 18.2 Å². The summed E-state index contributed by atoms with van der Waals surface area (Å²) in [4.78, 5) is 14.1. The van der Waals surface area contributed by atoms with Gasteiger partial charge in [0.1, 0.15) is 0 Å². The Hall–Kier alpha value is -3.33. The normalized spacial score (nSPS) is 11.8. The lowest BCUT2D eigenvalue weighted by atomic mass is 10.1. The van der Waals surface area contributed by atoms with Crippen molar-refractivity contribution < 1.29 is 0 Å². The summed E-state index contributed by atoms with van der Waals surface area (Å²) in [5.74, 6) is 0. The van der Waals surface area contributed by atoms with Crippen LogP contribution in [0.2, 0.25) is 0 Å². The SMILES string of the molecule is CCC=Cc1ccnc(-c2cc(C=CCC)cc(-c3cc(C=CCC)ccn3)n2)c1. The lowest BCUT2D eigenvalue weighted by molar-refractivity contribution is 1.20. The molecule has 0 saturated carbocycles. The Kier molecular flexibility index (Phi) is 7.85. The van der Waals surface area contributed by atoms with E-state index in [1.54, 1.807) is 0 Å². The fourth-order valence-corrected chi connectivity index (χ4v) is 3.05. The minimum atomic E-state index is 0.853. The van der Waals surface area contributed by atoms with Crippen molar-refractivity contribution in [2.45, 2.75) is 40.0 Å². The standard InChI is InChI=1S/C27H29N3/c1-4-7-10-21-13-15-28-24(17-21)26-19-23(12-9-6-3)20-27(30-26)25-18-22(11-8-5-2)14-16-29-25/h7-20H,4-6H2,1-3H3. The van der Waals surface area contributed by atoms with E-state index < -0.39 is 0 Å². The molecule has 0 amide bonds. The molecule has 3 rings (SSSR count). The van der Waals surface area contributed by atoms with Crippen molar-refractivity contribution in [3.63, 3.8) is 0 Å². The maximum atomic E-state index is 4.92. The van der Waals surface area contributed by atoms with Gasteiger partial charge >= 0.3 is 0 Å². The van der Waals surface area contributed by atoms with Gasteiger partial charge in [-0.25, -0.2) is 4.98 Å². The molecular formula is C27H29N3. The van der Waals surface area contributed by atoms with Crippen molar-refractivity contribution in [2.75, 3.05) is 0 Å². The molecule has 0 unspecified atom stereocenters. The lowest BCUT2D eigenvalue weighted by Crippen LogP contribution is -1.94. The first-order valence-electron chi connectivity index (χ1n) is 10.7. The van der Waals surface area contributed by atoms with E-state index in [1.807, 2.05) is 24.5 Å². The first-order chi connectivity index (χ1) is 14.7. The number of nitrogens with zero attached hydrogens (tertiary/aromatic N) is 3. The van der Waals surface area contributed by atoms with Crippen LogP contribution in [0.25, 0.3) is 41.0 Å². The van der Waals surface area contributed by atoms with Crippen LogP contribution < -0.4 is 0 Å². The van der Waals surface area contributed by atoms with Gasteiger partial charge in [0.15, 0.2) is 0 Å². The zero-order valence-corrected chi connectivity index (χ0v) is 18.0. The van der Waals surface area contributed by atoms with E-state index in [1.165, 1.54) is 0 Å². The number of allylic oxidation sites excluding steroid dienone is 3. The van der Waals surface area contributed by atoms with Gasteiger partial charge in [-0.05, 0) is 72.4 Å². The molecule has 0 bridgehead atoms. The second-order valence-corrected chi connectivity index (χ2v) is 7.05. The second-order valence-electron chi connectivity index (χ2n) is 7.05. The Labute approximate surface area is 180 Å². The van der Waals surface area contributed by atoms with E-state index in [4.69, 9.17) is 4.98 Å². The Morgan fingerprint density at radius 2 is 0.967 bits per heavy atom. The third-order valence-corrected chi connectivity index (χ3v) is 4.58. The predicted octanol–water partition coefficient (Wildman–Crippen LogP) is 7.48. The lowest BCUT2D eigenvalue weighted by Gasteiger charge is -2.08. The largest absolute Gasteiger partial charge is 0.255 e. The van der Waals surface area contributed by atoms with E-state index in [0.717, 1.165) is 58.7 Å². The molecule has 0 saturated heterocycles. The molecule has 152 valence electrons. The maximum Gasteiger partial charge on any atom is 0.0900 e. The first-order valence-corrected chi connectivity index (χ1v) is 10.7. The summed E-state index contributed by atoms with van der Waals surface area (Å²) in [6.45, 7) is 6.40. The van der Waals surface area contributed by atoms with Crippen LogP contribution in [0.15, 0.2) is 67.0 Å². The maximum absolute atomic E-state index is 4.92. The van der Waals surface area contributed by atoms with Crippen molar-refractivity contribution in [3.8, 4) is 22.8 Å². The number of hydrogen-bond donors (Lipinski definition) is 0. The van der Waals surface area contributed by atoms with Gasteiger partial charge in [-0.2, -0.15) is 0 Å². The fraction of sp³-hybridized carbons (Fsp3) is 0.222. The molecule has 30 heavy (non-hydrogen) atoms. The molecule has 3 nitrogen and oxygen atoms in total. The third-order valence-electron chi connectivity index (χ3n) is 4.58. The van der Waals surface area contributed by atoms with Crippen molar-refractivity contribution in [2.24, 2.45) is 0 Å². The Bertz CT molecular complexity index is 985. The summed E-state index contributed by atoms with van der Waals surface area (Å²) in [7, 11) is 0. The summed E-state index contributed by atoms with van der Waals surface area (Å²) in [5, 5.41) is 0. The van der Waals surface area contributed by atoms with Gasteiger partial charge in [-0.15, -0.1) is 0 Å². The molecule has 0 spiro atoms. The molecule has 0 N–H and O–H groups in total. The molecule has 3 heteroatoms. The number of pyridine rings is 3. The highest BCUT2D eigenvalue weighted by molar-refractivity contribution is 5.70. The van der Waals surface area contributed by atoms with Crippen LogP contribution in [0.3, 0.4) is 0 Å². The highest BCUT2D eigenvalue weighted by atomic mass is 14.8. The third kappa shape index (κ3) is 5.84. The van der Waals surface area contributed by atoms with Crippen LogP contribution >= 0.6 is 0 Å². The highest BCUT2D eigenvalue weighted by Crippen LogP contribution is 2.25. The number of hydrogen-bond acceptors (Lipinski definition) is 3. The summed E-state index contributed by atoms with van der Waals surface area (Å²) >= 11 is 0. The Balaban J connectivity index is 2.08. The molecular weight excluding hydrogens is 366 g/mol. The van der Waals surface area contributed by atoms with Gasteiger partial charge in [0, 0.05) is 12.4 Å². The fourth-order valence-electron chi connectivity index (χ4n) is 3.05. The average molecular weight is 396 g/mol. The molecule has 0 aliphatic carbocycles. The van der Waals surface area contributed by atoms with Crippen molar-refractivity contribution in [1.29, 1.82) is 0 Å². The minimum Gasteiger partial charge on any atom is -0.255 e. The van der Waals surface area contributed by atoms with E-state index in [0.29, 0.717) is 0 Å². The smallest absolute Gasteiger partial charge is 0.0900 e. The monoisotopic (exact) mass is 395 g/mol. The molecule has 0 aliphatic rings. The quantitative estimate of drug-likeness (QED) is 0.397. The van der Waals surface area contributed by atoms with Gasteiger partial charge in [0.25, 0.3) is 0 Å². The Morgan fingerprint density at radius 3 is 1.40 bits per heavy atom. The van der Waals surface area contributed by atoms with Gasteiger partial charge in [0.05, 0.1) is 22.8 Å². The molecule has 0 atom stereocenters. The molecule has 3 aromatic rings. The average Bonchev–Trinajstić information content (AvgIpc) is 2.80. The van der Waals surface area contributed by atoms with Gasteiger partial charge in [-0.3, -0.25) is 9.97 Å². The predicted molar refractivity (Wildman–Crippen MR) is 129 cm³/mol. The van der Waals surface area contributed by atoms with Crippen molar-refractivity contribution in [1.82, 2.24) is 15.0 Å². The molecule has 3 heterocycles. The van der Waals surface area contributed by atoms with Crippen LogP contribution in [0.5, 0.6) is 0 Å². The van der Waals surface area contributed by atoms with Crippen LogP contribution in [-0.2, 0) is 0 Å². The number of aromatic nitrogens is 3. The zero-order valence-electron chi connectivity index (χ0n) is 18.0. The van der Waals surface area contributed by atoms with E-state index >= 15 is 0 Å². The van der Waals surface area contributed by atoms with Crippen LogP contribution in [0.1, 0.15) is 56.7 Å². The summed E-state index contributed by atoms with van der Waals surface area (Å²) < 4.78 is 0. The second kappa shape index (κ2) is 11.0. The van der Waals surface area contributed by atoms with Crippen LogP contribution in [0, 0.1) is 0 Å². The van der Waals surface area contributed by atoms with Gasteiger partial charge in [-0.1, -0.05) is 57.2 Å².